The lowest BCUT2D eigenvalue weighted by molar-refractivity contribution is -0.117. The van der Waals surface area contributed by atoms with Crippen molar-refractivity contribution in [2.45, 2.75) is 6.42 Å². The van der Waals surface area contributed by atoms with E-state index in [-0.39, 0.29) is 30.5 Å². The highest BCUT2D eigenvalue weighted by molar-refractivity contribution is 7.89. The fraction of sp³-hybridized carbons (Fsp3) is 0.364. The lowest BCUT2D eigenvalue weighted by Crippen LogP contribution is -2.28. The summed E-state index contributed by atoms with van der Waals surface area (Å²) in [4.78, 5) is 28.1. The van der Waals surface area contributed by atoms with E-state index in [9.17, 15) is 18.0 Å². The number of anilines is 1. The Labute approximate surface area is 110 Å². The van der Waals surface area contributed by atoms with E-state index in [0.29, 0.717) is 17.5 Å². The summed E-state index contributed by atoms with van der Waals surface area (Å²) in [5, 5.41) is 4.97. The van der Waals surface area contributed by atoms with E-state index < -0.39 is 10.0 Å². The predicted octanol–water partition coefficient (Wildman–Crippen LogP) is -0.464. The average Bonchev–Trinajstić information content (AvgIpc) is 2.67. The maximum atomic E-state index is 11.9. The largest absolute Gasteiger partial charge is 0.310 e. The van der Waals surface area contributed by atoms with Crippen LogP contribution in [0.25, 0.3) is 0 Å². The molecule has 19 heavy (non-hydrogen) atoms. The summed E-state index contributed by atoms with van der Waals surface area (Å²) in [5.41, 5.74) is 0.749. The molecule has 2 rings (SSSR count). The van der Waals surface area contributed by atoms with Crippen LogP contribution in [0.3, 0.4) is 0 Å². The third-order valence-electron chi connectivity index (χ3n) is 2.92. The zero-order valence-corrected chi connectivity index (χ0v) is 10.8. The Hall–Kier alpha value is -1.80. The number of amides is 1. The average molecular weight is 283 g/mol. The second kappa shape index (κ2) is 5.06. The SMILES string of the molecule is NS(=O)(=O)CC1CC(=O)N(c2cnccc2C=O)C1. The first-order valence-corrected chi connectivity index (χ1v) is 7.32. The van der Waals surface area contributed by atoms with Gasteiger partial charge in [0.15, 0.2) is 6.29 Å². The zero-order valence-electron chi connectivity index (χ0n) is 10.0. The lowest BCUT2D eigenvalue weighted by atomic mass is 10.1. The van der Waals surface area contributed by atoms with Gasteiger partial charge in [0.2, 0.25) is 15.9 Å². The number of sulfonamides is 1. The van der Waals surface area contributed by atoms with Crippen molar-refractivity contribution in [3.05, 3.63) is 24.0 Å². The Morgan fingerprint density at radius 2 is 2.26 bits per heavy atom. The first kappa shape index (κ1) is 13.6. The van der Waals surface area contributed by atoms with Crippen LogP contribution < -0.4 is 10.0 Å². The third kappa shape index (κ3) is 3.15. The van der Waals surface area contributed by atoms with Crippen LogP contribution in [0.15, 0.2) is 18.5 Å². The Morgan fingerprint density at radius 3 is 2.89 bits per heavy atom. The smallest absolute Gasteiger partial charge is 0.227 e. The fourth-order valence-electron chi connectivity index (χ4n) is 2.18. The highest BCUT2D eigenvalue weighted by Crippen LogP contribution is 2.27. The maximum Gasteiger partial charge on any atom is 0.227 e. The van der Waals surface area contributed by atoms with Gasteiger partial charge >= 0.3 is 0 Å². The number of carbonyl (C=O) groups is 2. The normalized spacial score (nSPS) is 19.7. The molecule has 0 saturated carbocycles. The summed E-state index contributed by atoms with van der Waals surface area (Å²) in [5.74, 6) is -0.835. The van der Waals surface area contributed by atoms with Crippen LogP contribution in [-0.4, -0.2) is 37.9 Å². The minimum atomic E-state index is -3.62. The molecule has 1 saturated heterocycles. The molecule has 0 spiro atoms. The quantitative estimate of drug-likeness (QED) is 0.751. The van der Waals surface area contributed by atoms with Gasteiger partial charge in [-0.1, -0.05) is 0 Å². The number of hydrogen-bond donors (Lipinski definition) is 1. The molecule has 1 amide bonds. The number of pyridine rings is 1. The molecule has 1 unspecified atom stereocenters. The van der Waals surface area contributed by atoms with Gasteiger partial charge in [-0.25, -0.2) is 13.6 Å². The summed E-state index contributed by atoms with van der Waals surface area (Å²) in [6.45, 7) is 0.224. The standard InChI is InChI=1S/C11H13N3O4S/c12-19(17,18)7-8-3-11(16)14(5-8)10-4-13-2-1-9(10)6-15/h1-2,4,6,8H,3,5,7H2,(H2,12,17,18). The van der Waals surface area contributed by atoms with Crippen molar-refractivity contribution in [3.8, 4) is 0 Å². The van der Waals surface area contributed by atoms with Gasteiger partial charge in [0.25, 0.3) is 0 Å². The number of primary sulfonamides is 1. The summed E-state index contributed by atoms with van der Waals surface area (Å²) in [7, 11) is -3.62. The molecule has 0 bridgehead atoms. The summed E-state index contributed by atoms with van der Waals surface area (Å²) >= 11 is 0. The molecule has 7 nitrogen and oxygen atoms in total. The van der Waals surface area contributed by atoms with E-state index in [0.717, 1.165) is 0 Å². The van der Waals surface area contributed by atoms with Crippen molar-refractivity contribution in [2.24, 2.45) is 11.1 Å². The Bertz CT molecular complexity index is 614. The van der Waals surface area contributed by atoms with Crippen LogP contribution in [0, 0.1) is 5.92 Å². The van der Waals surface area contributed by atoms with Crippen LogP contribution >= 0.6 is 0 Å². The van der Waals surface area contributed by atoms with Crippen molar-refractivity contribution in [1.29, 1.82) is 0 Å². The van der Waals surface area contributed by atoms with E-state index in [1.807, 2.05) is 0 Å². The van der Waals surface area contributed by atoms with E-state index in [2.05, 4.69) is 4.98 Å². The molecule has 8 heteroatoms. The van der Waals surface area contributed by atoms with E-state index in [4.69, 9.17) is 5.14 Å². The van der Waals surface area contributed by atoms with Crippen LogP contribution in [0.1, 0.15) is 16.8 Å². The van der Waals surface area contributed by atoms with Crippen molar-refractivity contribution >= 4 is 27.9 Å². The van der Waals surface area contributed by atoms with Gasteiger partial charge < -0.3 is 4.90 Å². The highest BCUT2D eigenvalue weighted by atomic mass is 32.2. The first-order valence-electron chi connectivity index (χ1n) is 5.61. The number of nitrogens with two attached hydrogens (primary N) is 1. The van der Waals surface area contributed by atoms with Gasteiger partial charge in [-0.3, -0.25) is 14.6 Å². The molecular formula is C11H13N3O4S. The van der Waals surface area contributed by atoms with E-state index in [1.165, 1.54) is 23.4 Å². The second-order valence-electron chi connectivity index (χ2n) is 4.46. The maximum absolute atomic E-state index is 11.9. The number of nitrogens with zero attached hydrogens (tertiary/aromatic N) is 2. The van der Waals surface area contributed by atoms with E-state index >= 15 is 0 Å². The lowest BCUT2D eigenvalue weighted by Gasteiger charge is -2.17. The Balaban J connectivity index is 2.23. The summed E-state index contributed by atoms with van der Waals surface area (Å²) < 4.78 is 22.1. The van der Waals surface area contributed by atoms with Crippen molar-refractivity contribution in [3.63, 3.8) is 0 Å². The molecule has 1 fully saturated rings. The minimum Gasteiger partial charge on any atom is -0.310 e. The highest BCUT2D eigenvalue weighted by Gasteiger charge is 2.33. The third-order valence-corrected chi connectivity index (χ3v) is 3.86. The first-order chi connectivity index (χ1) is 8.90. The van der Waals surface area contributed by atoms with Crippen LogP contribution in [0.2, 0.25) is 0 Å². The van der Waals surface area contributed by atoms with Gasteiger partial charge in [-0.2, -0.15) is 0 Å². The fourth-order valence-corrected chi connectivity index (χ4v) is 3.06. The van der Waals surface area contributed by atoms with Crippen molar-refractivity contribution in [1.82, 2.24) is 4.98 Å². The number of aromatic nitrogens is 1. The summed E-state index contributed by atoms with van der Waals surface area (Å²) in [6.07, 6.45) is 3.61. The monoisotopic (exact) mass is 283 g/mol. The van der Waals surface area contributed by atoms with Gasteiger partial charge in [-0.05, 0) is 6.07 Å². The molecule has 0 aromatic carbocycles. The molecule has 0 radical (unpaired) electrons. The van der Waals surface area contributed by atoms with Crippen molar-refractivity contribution < 1.29 is 18.0 Å². The predicted molar refractivity (Wildman–Crippen MR) is 68.1 cm³/mol. The molecule has 1 aromatic rings. The number of rotatable bonds is 4. The minimum absolute atomic E-state index is 0.101. The van der Waals surface area contributed by atoms with Gasteiger partial charge in [0.05, 0.1) is 17.6 Å². The van der Waals surface area contributed by atoms with Gasteiger partial charge in [0, 0.05) is 30.6 Å². The van der Waals surface area contributed by atoms with Crippen molar-refractivity contribution in [2.75, 3.05) is 17.2 Å². The number of carbonyl (C=O) groups excluding carboxylic acids is 2. The van der Waals surface area contributed by atoms with Crippen LogP contribution in [-0.2, 0) is 14.8 Å². The van der Waals surface area contributed by atoms with Crippen LogP contribution in [0.4, 0.5) is 5.69 Å². The Morgan fingerprint density at radius 1 is 1.53 bits per heavy atom. The molecule has 1 atom stereocenters. The molecule has 102 valence electrons. The van der Waals surface area contributed by atoms with E-state index in [1.54, 1.807) is 0 Å². The summed E-state index contributed by atoms with van der Waals surface area (Å²) in [6, 6.07) is 1.50. The second-order valence-corrected chi connectivity index (χ2v) is 6.12. The van der Waals surface area contributed by atoms with Gasteiger partial charge in [-0.15, -0.1) is 0 Å². The van der Waals surface area contributed by atoms with Gasteiger partial charge in [0.1, 0.15) is 0 Å². The topological polar surface area (TPSA) is 110 Å². The molecule has 1 aromatic heterocycles. The molecule has 2 heterocycles. The molecule has 1 aliphatic heterocycles. The molecule has 2 N–H and O–H groups in total. The number of hydrogen-bond acceptors (Lipinski definition) is 5. The Kier molecular flexibility index (Phi) is 3.63. The van der Waals surface area contributed by atoms with Crippen LogP contribution in [0.5, 0.6) is 0 Å². The molecule has 0 aliphatic carbocycles. The molecular weight excluding hydrogens is 270 g/mol. The number of aldehydes is 1. The molecule has 1 aliphatic rings. The zero-order chi connectivity index (χ0) is 14.0.